The van der Waals surface area contributed by atoms with Crippen LogP contribution in [-0.4, -0.2) is 15.9 Å². The van der Waals surface area contributed by atoms with Crippen LogP contribution in [0.4, 0.5) is 0 Å². The molecule has 1 aromatic carbocycles. The van der Waals surface area contributed by atoms with Crippen molar-refractivity contribution >= 4 is 16.8 Å². The molecule has 0 atom stereocenters. The summed E-state index contributed by atoms with van der Waals surface area (Å²) in [5.41, 5.74) is 1.85. The second kappa shape index (κ2) is 5.05. The summed E-state index contributed by atoms with van der Waals surface area (Å²) in [7, 11) is 0. The van der Waals surface area contributed by atoms with Crippen molar-refractivity contribution in [3.63, 3.8) is 0 Å². The average molecular weight is 267 g/mol. The van der Waals surface area contributed by atoms with E-state index < -0.39 is 0 Å². The predicted molar refractivity (Wildman–Crippen MR) is 76.5 cm³/mol. The zero-order chi connectivity index (χ0) is 13.9. The molecule has 0 radical (unpaired) electrons. The van der Waals surface area contributed by atoms with Crippen molar-refractivity contribution in [1.82, 2.24) is 15.3 Å². The smallest absolute Gasteiger partial charge is 0.252 e. The molecule has 0 fully saturated rings. The molecule has 0 aliphatic rings. The molecule has 3 rings (SSSR count). The van der Waals surface area contributed by atoms with Crippen LogP contribution in [0, 0.1) is 0 Å². The van der Waals surface area contributed by atoms with Crippen LogP contribution in [0.3, 0.4) is 0 Å². The number of H-pyrrole nitrogens is 2. The van der Waals surface area contributed by atoms with Crippen molar-refractivity contribution in [3.05, 3.63) is 70.3 Å². The fourth-order valence-electron chi connectivity index (χ4n) is 2.15. The van der Waals surface area contributed by atoms with Gasteiger partial charge in [0.15, 0.2) is 0 Å². The summed E-state index contributed by atoms with van der Waals surface area (Å²) >= 11 is 0. The minimum Gasteiger partial charge on any atom is -0.361 e. The highest BCUT2D eigenvalue weighted by molar-refractivity contribution is 6.06. The lowest BCUT2D eigenvalue weighted by Crippen LogP contribution is -2.26. The maximum absolute atomic E-state index is 12.2. The Hall–Kier alpha value is -2.82. The van der Waals surface area contributed by atoms with Crippen molar-refractivity contribution in [2.45, 2.75) is 6.54 Å². The number of aromatic amines is 2. The van der Waals surface area contributed by atoms with E-state index in [0.717, 1.165) is 10.9 Å². The Morgan fingerprint density at radius 3 is 2.80 bits per heavy atom. The van der Waals surface area contributed by atoms with Crippen molar-refractivity contribution < 1.29 is 4.79 Å². The van der Waals surface area contributed by atoms with E-state index in [2.05, 4.69) is 15.3 Å². The molecule has 5 heteroatoms. The van der Waals surface area contributed by atoms with E-state index in [-0.39, 0.29) is 18.0 Å². The summed E-state index contributed by atoms with van der Waals surface area (Å²) in [6, 6.07) is 10.8. The highest BCUT2D eigenvalue weighted by atomic mass is 16.1. The Kier molecular flexibility index (Phi) is 3.09. The van der Waals surface area contributed by atoms with Gasteiger partial charge in [-0.1, -0.05) is 12.1 Å². The van der Waals surface area contributed by atoms with Gasteiger partial charge in [-0.15, -0.1) is 0 Å². The van der Waals surface area contributed by atoms with E-state index in [9.17, 15) is 9.59 Å². The molecule has 20 heavy (non-hydrogen) atoms. The topological polar surface area (TPSA) is 77.8 Å². The minimum atomic E-state index is -0.196. The van der Waals surface area contributed by atoms with Crippen LogP contribution in [0.2, 0.25) is 0 Å². The molecule has 0 unspecified atom stereocenters. The van der Waals surface area contributed by atoms with E-state index in [0.29, 0.717) is 11.1 Å². The van der Waals surface area contributed by atoms with E-state index in [1.54, 1.807) is 30.6 Å². The van der Waals surface area contributed by atoms with Gasteiger partial charge in [0.25, 0.3) is 11.5 Å². The number of hydrogen-bond acceptors (Lipinski definition) is 2. The number of pyridine rings is 1. The SMILES string of the molecule is O=C(NCc1ccc[nH]c1=O)c1cccc2[nH]ccc12. The fraction of sp³-hybridized carbons (Fsp3) is 0.0667. The largest absolute Gasteiger partial charge is 0.361 e. The van der Waals surface area contributed by atoms with Crippen LogP contribution >= 0.6 is 0 Å². The number of amides is 1. The van der Waals surface area contributed by atoms with Crippen LogP contribution in [0.1, 0.15) is 15.9 Å². The first kappa shape index (κ1) is 12.2. The second-order valence-electron chi connectivity index (χ2n) is 4.45. The number of benzene rings is 1. The Morgan fingerprint density at radius 2 is 1.95 bits per heavy atom. The van der Waals surface area contributed by atoms with Gasteiger partial charge >= 0.3 is 0 Å². The second-order valence-corrected chi connectivity index (χ2v) is 4.45. The molecule has 2 heterocycles. The van der Waals surface area contributed by atoms with Gasteiger partial charge in [0, 0.05) is 41.0 Å². The highest BCUT2D eigenvalue weighted by Gasteiger charge is 2.10. The Labute approximate surface area is 114 Å². The molecule has 0 aliphatic carbocycles. The summed E-state index contributed by atoms with van der Waals surface area (Å²) in [5.74, 6) is -0.196. The maximum atomic E-state index is 12.2. The van der Waals surface area contributed by atoms with E-state index >= 15 is 0 Å². The Balaban J connectivity index is 1.82. The number of carbonyl (C=O) groups excluding carboxylic acids is 1. The first-order chi connectivity index (χ1) is 9.75. The van der Waals surface area contributed by atoms with Crippen LogP contribution in [-0.2, 0) is 6.54 Å². The van der Waals surface area contributed by atoms with Gasteiger partial charge in [0.2, 0.25) is 0 Å². The molecule has 0 aliphatic heterocycles. The molecule has 2 aromatic heterocycles. The number of fused-ring (bicyclic) bond motifs is 1. The molecule has 0 saturated carbocycles. The normalized spacial score (nSPS) is 10.6. The number of carbonyl (C=O) groups is 1. The molecule has 100 valence electrons. The highest BCUT2D eigenvalue weighted by Crippen LogP contribution is 2.17. The summed E-state index contributed by atoms with van der Waals surface area (Å²) in [6.07, 6.45) is 3.36. The quantitative estimate of drug-likeness (QED) is 0.676. The number of hydrogen-bond donors (Lipinski definition) is 3. The number of nitrogens with one attached hydrogen (secondary N) is 3. The molecule has 0 saturated heterocycles. The van der Waals surface area contributed by atoms with Crippen LogP contribution in [0.5, 0.6) is 0 Å². The van der Waals surface area contributed by atoms with Crippen molar-refractivity contribution in [2.24, 2.45) is 0 Å². The molecule has 3 N–H and O–H groups in total. The monoisotopic (exact) mass is 267 g/mol. The lowest BCUT2D eigenvalue weighted by molar-refractivity contribution is 0.0952. The summed E-state index contributed by atoms with van der Waals surface area (Å²) in [5, 5.41) is 3.63. The van der Waals surface area contributed by atoms with Crippen molar-refractivity contribution in [2.75, 3.05) is 0 Å². The maximum Gasteiger partial charge on any atom is 0.252 e. The Bertz CT molecular complexity index is 817. The number of aromatic nitrogens is 2. The van der Waals surface area contributed by atoms with Gasteiger partial charge in [0.1, 0.15) is 0 Å². The van der Waals surface area contributed by atoms with Gasteiger partial charge in [0.05, 0.1) is 0 Å². The van der Waals surface area contributed by atoms with Gasteiger partial charge in [-0.2, -0.15) is 0 Å². The predicted octanol–water partition coefficient (Wildman–Crippen LogP) is 1.79. The average Bonchev–Trinajstić information content (AvgIpc) is 2.94. The van der Waals surface area contributed by atoms with Crippen molar-refractivity contribution in [3.8, 4) is 0 Å². The van der Waals surface area contributed by atoms with E-state index in [4.69, 9.17) is 0 Å². The molecule has 0 spiro atoms. The molecular formula is C15H13N3O2. The third-order valence-electron chi connectivity index (χ3n) is 3.18. The van der Waals surface area contributed by atoms with Crippen LogP contribution in [0.15, 0.2) is 53.6 Å². The first-order valence-corrected chi connectivity index (χ1v) is 6.26. The molecule has 3 aromatic rings. The van der Waals surface area contributed by atoms with Crippen LogP contribution < -0.4 is 10.9 Å². The molecular weight excluding hydrogens is 254 g/mol. The van der Waals surface area contributed by atoms with Gasteiger partial charge in [-0.3, -0.25) is 9.59 Å². The Morgan fingerprint density at radius 1 is 1.05 bits per heavy atom. The fourth-order valence-corrected chi connectivity index (χ4v) is 2.15. The standard InChI is InChI=1S/C15H13N3O2/c19-14-10(3-2-7-17-14)9-18-15(20)12-4-1-5-13-11(12)6-8-16-13/h1-8,16H,9H2,(H,17,19)(H,18,20). The lowest BCUT2D eigenvalue weighted by atomic mass is 10.1. The van der Waals surface area contributed by atoms with Crippen molar-refractivity contribution in [1.29, 1.82) is 0 Å². The van der Waals surface area contributed by atoms with Crippen LogP contribution in [0.25, 0.3) is 10.9 Å². The summed E-state index contributed by atoms with van der Waals surface area (Å²) < 4.78 is 0. The van der Waals surface area contributed by atoms with E-state index in [1.165, 1.54) is 0 Å². The zero-order valence-electron chi connectivity index (χ0n) is 10.6. The lowest BCUT2D eigenvalue weighted by Gasteiger charge is -2.06. The summed E-state index contributed by atoms with van der Waals surface area (Å²) in [4.78, 5) is 29.4. The van der Waals surface area contributed by atoms with Gasteiger partial charge in [-0.25, -0.2) is 0 Å². The third-order valence-corrected chi connectivity index (χ3v) is 3.18. The van der Waals surface area contributed by atoms with Gasteiger partial charge < -0.3 is 15.3 Å². The zero-order valence-corrected chi connectivity index (χ0v) is 10.6. The molecule has 1 amide bonds. The molecule has 0 bridgehead atoms. The minimum absolute atomic E-state index is 0.187. The third kappa shape index (κ3) is 2.21. The van der Waals surface area contributed by atoms with E-state index in [1.807, 2.05) is 18.2 Å². The number of rotatable bonds is 3. The summed E-state index contributed by atoms with van der Waals surface area (Å²) in [6.45, 7) is 0.204. The first-order valence-electron chi connectivity index (χ1n) is 6.26. The van der Waals surface area contributed by atoms with Gasteiger partial charge in [-0.05, 0) is 24.3 Å². The molecule has 5 nitrogen and oxygen atoms in total.